The van der Waals surface area contributed by atoms with Crippen LogP contribution in [0.2, 0.25) is 0 Å². The van der Waals surface area contributed by atoms with Crippen LogP contribution in [0.25, 0.3) is 21.5 Å². The van der Waals surface area contributed by atoms with Crippen molar-refractivity contribution in [3.63, 3.8) is 0 Å². The van der Waals surface area contributed by atoms with Crippen molar-refractivity contribution in [2.45, 2.75) is 24.4 Å². The lowest BCUT2D eigenvalue weighted by atomic mass is 9.95. The monoisotopic (exact) mass is 416 g/mol. The van der Waals surface area contributed by atoms with Crippen LogP contribution in [0.1, 0.15) is 16.8 Å². The van der Waals surface area contributed by atoms with E-state index in [-0.39, 0.29) is 5.56 Å². The average molecular weight is 416 g/mol. The van der Waals surface area contributed by atoms with Crippen molar-refractivity contribution in [2.75, 3.05) is 0 Å². The van der Waals surface area contributed by atoms with Gasteiger partial charge in [0.2, 0.25) is 5.78 Å². The summed E-state index contributed by atoms with van der Waals surface area (Å²) in [6.07, 6.45) is -8.44. The van der Waals surface area contributed by atoms with E-state index in [2.05, 4.69) is 0 Å². The summed E-state index contributed by atoms with van der Waals surface area (Å²) in [7, 11) is 0. The van der Waals surface area contributed by atoms with Crippen molar-refractivity contribution in [3.8, 4) is 0 Å². The highest BCUT2D eigenvalue weighted by molar-refractivity contribution is 6.14. The van der Waals surface area contributed by atoms with Crippen molar-refractivity contribution in [3.05, 3.63) is 60.2 Å². The van der Waals surface area contributed by atoms with E-state index < -0.39 is 36.0 Å². The van der Waals surface area contributed by atoms with Gasteiger partial charge in [-0.05, 0) is 27.6 Å². The quantitative estimate of drug-likeness (QED) is 0.222. The van der Waals surface area contributed by atoms with E-state index in [1.54, 1.807) is 30.3 Å². The van der Waals surface area contributed by atoms with E-state index in [0.29, 0.717) is 16.2 Å². The lowest BCUT2D eigenvalue weighted by molar-refractivity contribution is -0.343. The molecule has 0 bridgehead atoms. The predicted molar refractivity (Wildman–Crippen MR) is 91.4 cm³/mol. The van der Waals surface area contributed by atoms with Gasteiger partial charge in [-0.3, -0.25) is 9.59 Å². The molecule has 0 saturated heterocycles. The zero-order chi connectivity index (χ0) is 21.6. The van der Waals surface area contributed by atoms with Gasteiger partial charge in [-0.1, -0.05) is 48.5 Å². The topological polar surface area (TPSA) is 34.1 Å². The molecule has 9 heteroatoms. The number of rotatable bonds is 5. The second-order valence-electron chi connectivity index (χ2n) is 6.39. The van der Waals surface area contributed by atoms with Gasteiger partial charge in [0, 0.05) is 5.56 Å². The molecule has 152 valence electrons. The normalized spacial score (nSPS) is 13.1. The Hall–Kier alpha value is -2.97. The van der Waals surface area contributed by atoms with Gasteiger partial charge >= 0.3 is 18.0 Å². The molecule has 0 aliphatic rings. The molecule has 0 amide bonds. The van der Waals surface area contributed by atoms with E-state index in [4.69, 9.17) is 0 Å². The Bertz CT molecular complexity index is 1120. The van der Waals surface area contributed by atoms with E-state index in [1.807, 2.05) is 6.07 Å². The van der Waals surface area contributed by atoms with Crippen molar-refractivity contribution in [1.29, 1.82) is 0 Å². The van der Waals surface area contributed by atoms with E-state index >= 15 is 0 Å². The summed E-state index contributed by atoms with van der Waals surface area (Å²) in [4.78, 5) is 23.6. The molecule has 0 radical (unpaired) electrons. The number of ketones is 2. The second-order valence-corrected chi connectivity index (χ2v) is 6.39. The first-order valence-electron chi connectivity index (χ1n) is 8.16. The Morgan fingerprint density at radius 3 is 1.90 bits per heavy atom. The molecule has 0 heterocycles. The van der Waals surface area contributed by atoms with Gasteiger partial charge in [0.25, 0.3) is 0 Å². The standard InChI is InChI=1S/C20H11F7O2/c21-18(22,19(23,24)20(25,26)27)17(29)10-16(28)13-8-7-12-6-5-11-3-1-2-4-14(11)15(12)9-13/h1-9H,10H2. The molecule has 0 fully saturated rings. The second kappa shape index (κ2) is 6.82. The van der Waals surface area contributed by atoms with Gasteiger partial charge in [0.1, 0.15) is 0 Å². The van der Waals surface area contributed by atoms with Crippen molar-refractivity contribution in [1.82, 2.24) is 0 Å². The van der Waals surface area contributed by atoms with E-state index in [9.17, 15) is 40.3 Å². The van der Waals surface area contributed by atoms with Crippen LogP contribution in [-0.2, 0) is 4.79 Å². The first-order valence-corrected chi connectivity index (χ1v) is 8.16. The molecule has 0 saturated carbocycles. The Morgan fingerprint density at radius 1 is 0.724 bits per heavy atom. The summed E-state index contributed by atoms with van der Waals surface area (Å²) < 4.78 is 89.5. The average Bonchev–Trinajstić information content (AvgIpc) is 2.66. The number of carbonyl (C=O) groups excluding carboxylic acids is 2. The molecule has 0 atom stereocenters. The number of halogens is 7. The number of hydrogen-bond donors (Lipinski definition) is 0. The first-order chi connectivity index (χ1) is 13.4. The van der Waals surface area contributed by atoms with Gasteiger partial charge in [-0.25, -0.2) is 0 Å². The van der Waals surface area contributed by atoms with Crippen molar-refractivity contribution in [2.24, 2.45) is 0 Å². The molecule has 29 heavy (non-hydrogen) atoms. The third-order valence-corrected chi connectivity index (χ3v) is 4.49. The van der Waals surface area contributed by atoms with Gasteiger partial charge in [-0.15, -0.1) is 0 Å². The molecule has 0 aliphatic heterocycles. The van der Waals surface area contributed by atoms with Crippen LogP contribution in [0.5, 0.6) is 0 Å². The summed E-state index contributed by atoms with van der Waals surface area (Å²) in [5.74, 6) is -16.7. The molecule has 0 aliphatic carbocycles. The highest BCUT2D eigenvalue weighted by Crippen LogP contribution is 2.47. The highest BCUT2D eigenvalue weighted by Gasteiger charge is 2.75. The molecule has 0 N–H and O–H groups in total. The largest absolute Gasteiger partial charge is 0.460 e. The third-order valence-electron chi connectivity index (χ3n) is 4.49. The number of carbonyl (C=O) groups is 2. The van der Waals surface area contributed by atoms with Crippen LogP contribution < -0.4 is 0 Å². The maximum Gasteiger partial charge on any atom is 0.460 e. The van der Waals surface area contributed by atoms with Gasteiger partial charge < -0.3 is 0 Å². The summed E-state index contributed by atoms with van der Waals surface area (Å²) in [6, 6.07) is 14.5. The van der Waals surface area contributed by atoms with E-state index in [1.165, 1.54) is 18.2 Å². The van der Waals surface area contributed by atoms with E-state index in [0.717, 1.165) is 5.39 Å². The highest BCUT2D eigenvalue weighted by atomic mass is 19.4. The molecule has 0 spiro atoms. The minimum absolute atomic E-state index is 0.256. The molecule has 3 aromatic rings. The molecule has 2 nitrogen and oxygen atoms in total. The van der Waals surface area contributed by atoms with Crippen LogP contribution in [0, 0.1) is 0 Å². The molecule has 0 aromatic heterocycles. The lowest BCUT2D eigenvalue weighted by Gasteiger charge is -2.26. The lowest BCUT2D eigenvalue weighted by Crippen LogP contribution is -2.56. The Morgan fingerprint density at radius 2 is 1.28 bits per heavy atom. The summed E-state index contributed by atoms with van der Waals surface area (Å²) in [5.41, 5.74) is -0.256. The number of benzene rings is 3. The van der Waals surface area contributed by atoms with Gasteiger partial charge in [-0.2, -0.15) is 30.7 Å². The minimum Gasteiger partial charge on any atom is -0.294 e. The Labute approximate surface area is 158 Å². The van der Waals surface area contributed by atoms with Gasteiger partial charge in [0.05, 0.1) is 6.42 Å². The van der Waals surface area contributed by atoms with Crippen LogP contribution in [-0.4, -0.2) is 29.6 Å². The fraction of sp³-hybridized carbons (Fsp3) is 0.200. The summed E-state index contributed by atoms with van der Waals surface area (Å²) >= 11 is 0. The number of alkyl halides is 7. The summed E-state index contributed by atoms with van der Waals surface area (Å²) in [6.45, 7) is 0. The number of Topliss-reactive ketones (excluding diaryl/α,β-unsaturated/α-hetero) is 2. The smallest absolute Gasteiger partial charge is 0.294 e. The fourth-order valence-electron chi connectivity index (χ4n) is 2.89. The Balaban J connectivity index is 1.94. The van der Waals surface area contributed by atoms with Crippen LogP contribution in [0.4, 0.5) is 30.7 Å². The van der Waals surface area contributed by atoms with Crippen molar-refractivity contribution >= 4 is 33.1 Å². The molecule has 3 aromatic carbocycles. The predicted octanol–water partition coefficient (Wildman–Crippen LogP) is 5.97. The summed E-state index contributed by atoms with van der Waals surface area (Å²) in [5, 5.41) is 2.73. The van der Waals surface area contributed by atoms with Gasteiger partial charge in [0.15, 0.2) is 5.78 Å². The SMILES string of the molecule is O=C(CC(=O)C(F)(F)C(F)(F)C(F)(F)F)c1ccc2ccc3ccccc3c2c1. The minimum atomic E-state index is -6.64. The Kier molecular flexibility index (Phi) is 4.88. The molecular weight excluding hydrogens is 405 g/mol. The molecule has 0 unspecified atom stereocenters. The number of fused-ring (bicyclic) bond motifs is 3. The third kappa shape index (κ3) is 3.45. The maximum absolute atomic E-state index is 13.5. The first kappa shape index (κ1) is 20.8. The maximum atomic E-state index is 13.5. The van der Waals surface area contributed by atoms with Crippen LogP contribution in [0.15, 0.2) is 54.6 Å². The van der Waals surface area contributed by atoms with Crippen LogP contribution >= 0.6 is 0 Å². The zero-order valence-electron chi connectivity index (χ0n) is 14.4. The van der Waals surface area contributed by atoms with Crippen LogP contribution in [0.3, 0.4) is 0 Å². The number of hydrogen-bond acceptors (Lipinski definition) is 2. The molecule has 3 rings (SSSR count). The van der Waals surface area contributed by atoms with Crippen molar-refractivity contribution < 1.29 is 40.3 Å². The fourth-order valence-corrected chi connectivity index (χ4v) is 2.89. The zero-order valence-corrected chi connectivity index (χ0v) is 14.4. The molecular formula is C20H11F7O2.